The summed E-state index contributed by atoms with van der Waals surface area (Å²) in [6.07, 6.45) is 5.52. The van der Waals surface area contributed by atoms with Gasteiger partial charge in [-0.15, -0.1) is 6.58 Å². The lowest BCUT2D eigenvalue weighted by atomic mass is 9.85. The van der Waals surface area contributed by atoms with Crippen molar-refractivity contribution in [3.05, 3.63) is 72.3 Å². The maximum absolute atomic E-state index is 14.8. The first-order valence-corrected chi connectivity index (χ1v) is 20.9. The largest absolute Gasteiger partial charge is 0.449 e. The number of carbonyl (C=O) groups is 4. The molecule has 55 heavy (non-hydrogen) atoms. The Morgan fingerprint density at radius 3 is 2.35 bits per heavy atom. The molecule has 4 bridgehead atoms. The van der Waals surface area contributed by atoms with E-state index in [0.29, 0.717) is 12.8 Å². The number of nitrogens with zero attached hydrogens (tertiary/aromatic N) is 1. The Hall–Kier alpha value is -4.23. The maximum Gasteiger partial charge on any atom is 0.407 e. The SMILES string of the molecule is C=CC1CC1(NC(=O)C1CC2(OC)CN1C(=O)C(C(C)(C)C)NC(=O)OCC(C)(C)CCCCc1ccccc1-c1ccc2cc1)C(=O)NS(=O)(=O)C1CC1. The highest BCUT2D eigenvalue weighted by Crippen LogP contribution is 2.47. The van der Waals surface area contributed by atoms with Gasteiger partial charge in [0.05, 0.1) is 18.4 Å². The summed E-state index contributed by atoms with van der Waals surface area (Å²) in [5, 5.41) is 5.03. The molecule has 0 radical (unpaired) electrons. The first-order chi connectivity index (χ1) is 25.8. The van der Waals surface area contributed by atoms with Crippen molar-refractivity contribution < 1.29 is 37.1 Å². The molecule has 2 aromatic carbocycles. The number of benzene rings is 2. The van der Waals surface area contributed by atoms with Gasteiger partial charge >= 0.3 is 6.09 Å². The van der Waals surface area contributed by atoms with Gasteiger partial charge in [0, 0.05) is 19.4 Å². The first kappa shape index (κ1) is 40.4. The number of ether oxygens (including phenoxy) is 2. The fourth-order valence-corrected chi connectivity index (χ4v) is 9.40. The van der Waals surface area contributed by atoms with Crippen LogP contribution >= 0.6 is 0 Å². The van der Waals surface area contributed by atoms with Crippen molar-refractivity contribution in [2.24, 2.45) is 16.7 Å². The number of nitrogens with one attached hydrogen (secondary N) is 3. The molecule has 12 nitrogen and oxygen atoms in total. The molecule has 298 valence electrons. The van der Waals surface area contributed by atoms with Crippen molar-refractivity contribution in [2.45, 2.75) is 114 Å². The summed E-state index contributed by atoms with van der Waals surface area (Å²) >= 11 is 0. The summed E-state index contributed by atoms with van der Waals surface area (Å²) in [4.78, 5) is 57.8. The van der Waals surface area contributed by atoms with Crippen LogP contribution in [0.3, 0.4) is 0 Å². The average molecular weight is 777 g/mol. The van der Waals surface area contributed by atoms with E-state index in [1.165, 1.54) is 23.6 Å². The van der Waals surface area contributed by atoms with Crippen LogP contribution in [-0.4, -0.2) is 80.3 Å². The molecule has 2 saturated carbocycles. The summed E-state index contributed by atoms with van der Waals surface area (Å²) in [6.45, 7) is 13.5. The molecule has 4 amide bonds. The Labute approximate surface area is 325 Å². The molecule has 7 rings (SSSR count). The molecular weight excluding hydrogens is 721 g/mol. The van der Waals surface area contributed by atoms with Crippen LogP contribution in [0.1, 0.15) is 90.7 Å². The minimum Gasteiger partial charge on any atom is -0.449 e. The van der Waals surface area contributed by atoms with E-state index in [-0.39, 0.29) is 31.4 Å². The molecule has 3 N–H and O–H groups in total. The van der Waals surface area contributed by atoms with Gasteiger partial charge in [-0.05, 0) is 71.6 Å². The van der Waals surface area contributed by atoms with Gasteiger partial charge in [0.2, 0.25) is 21.8 Å². The molecule has 5 atom stereocenters. The molecule has 0 aromatic heterocycles. The molecule has 2 aromatic rings. The number of rotatable bonds is 7. The van der Waals surface area contributed by atoms with E-state index in [1.54, 1.807) is 0 Å². The molecule has 5 aliphatic rings. The van der Waals surface area contributed by atoms with Crippen LogP contribution in [0.2, 0.25) is 0 Å². The van der Waals surface area contributed by atoms with E-state index in [2.05, 4.69) is 47.9 Å². The number of amides is 4. The van der Waals surface area contributed by atoms with Crippen LogP contribution in [-0.2, 0) is 45.9 Å². The zero-order valence-corrected chi connectivity index (χ0v) is 33.7. The highest BCUT2D eigenvalue weighted by atomic mass is 32.2. The quantitative estimate of drug-likeness (QED) is 0.317. The lowest BCUT2D eigenvalue weighted by molar-refractivity contribution is -0.143. The predicted molar refractivity (Wildman–Crippen MR) is 209 cm³/mol. The Morgan fingerprint density at radius 2 is 1.73 bits per heavy atom. The smallest absolute Gasteiger partial charge is 0.407 e. The van der Waals surface area contributed by atoms with Gasteiger partial charge in [0.15, 0.2) is 0 Å². The second kappa shape index (κ2) is 15.0. The van der Waals surface area contributed by atoms with Crippen molar-refractivity contribution in [3.63, 3.8) is 0 Å². The molecule has 0 spiro atoms. The highest BCUT2D eigenvalue weighted by Gasteiger charge is 2.62. The van der Waals surface area contributed by atoms with Crippen molar-refractivity contribution in [1.29, 1.82) is 0 Å². The van der Waals surface area contributed by atoms with Crippen molar-refractivity contribution in [3.8, 4) is 11.1 Å². The predicted octanol–water partition coefficient (Wildman–Crippen LogP) is 5.36. The molecule has 3 heterocycles. The van der Waals surface area contributed by atoms with Gasteiger partial charge in [0.1, 0.15) is 23.2 Å². The van der Waals surface area contributed by atoms with Gasteiger partial charge in [-0.2, -0.15) is 0 Å². The zero-order chi connectivity index (χ0) is 40.0. The zero-order valence-electron chi connectivity index (χ0n) is 32.9. The third-order valence-electron chi connectivity index (χ3n) is 11.8. The average Bonchev–Trinajstić information content (AvgIpc) is 4.07. The maximum atomic E-state index is 14.8. The molecule has 3 aliphatic heterocycles. The van der Waals surface area contributed by atoms with E-state index < -0.39 is 73.6 Å². The summed E-state index contributed by atoms with van der Waals surface area (Å²) in [7, 11) is -2.36. The van der Waals surface area contributed by atoms with Gasteiger partial charge in [-0.1, -0.05) is 95.6 Å². The lowest BCUT2D eigenvalue weighted by Crippen LogP contribution is -2.60. The van der Waals surface area contributed by atoms with Crippen molar-refractivity contribution in [2.75, 3.05) is 20.3 Å². The minimum atomic E-state index is -3.90. The summed E-state index contributed by atoms with van der Waals surface area (Å²) in [6, 6.07) is 14.1. The van der Waals surface area contributed by atoms with Crippen molar-refractivity contribution >= 4 is 33.8 Å². The Kier molecular flexibility index (Phi) is 11.0. The number of methoxy groups -OCH3 is 1. The fourth-order valence-electron chi connectivity index (χ4n) is 8.03. The molecular formula is C42H56N4O8S. The molecule has 3 fully saturated rings. The third kappa shape index (κ3) is 8.47. The number of aryl methyl sites for hydroxylation is 1. The fraction of sp³-hybridized carbons (Fsp3) is 0.571. The Balaban J connectivity index is 1.38. The van der Waals surface area contributed by atoms with Gasteiger partial charge < -0.3 is 25.0 Å². The van der Waals surface area contributed by atoms with Crippen molar-refractivity contribution in [1.82, 2.24) is 20.3 Å². The van der Waals surface area contributed by atoms with Crippen LogP contribution in [0, 0.1) is 16.7 Å². The summed E-state index contributed by atoms with van der Waals surface area (Å²) in [5.74, 6) is -2.51. The second-order valence-corrected chi connectivity index (χ2v) is 19.7. The number of hydrogen-bond donors (Lipinski definition) is 3. The number of sulfonamides is 1. The van der Waals surface area contributed by atoms with E-state index in [0.717, 1.165) is 42.4 Å². The second-order valence-electron chi connectivity index (χ2n) is 17.7. The number of hydrogen-bond acceptors (Lipinski definition) is 8. The lowest BCUT2D eigenvalue weighted by Gasteiger charge is -2.36. The van der Waals surface area contributed by atoms with Crippen LogP contribution in [0.5, 0.6) is 0 Å². The van der Waals surface area contributed by atoms with E-state index in [1.807, 2.05) is 57.2 Å². The standard InChI is InChI=1S/C42H56N4O8S/c1-8-29-23-42(29,37(49)45-55(51,52)31-20-21-31)44-35(47)33-24-41(53-7)25-46(33)36(48)34(39(2,3)4)43-38(50)54-26-40(5,6)22-12-11-14-27-13-9-10-15-32(27)28-16-18-30(41)19-17-28/h8-10,13,15-19,29,31,33-34H,1,11-12,14,20-26H2,2-7H3,(H,43,50)(H,44,47)(H,45,49). The van der Waals surface area contributed by atoms with Gasteiger partial charge in [-0.3, -0.25) is 19.1 Å². The summed E-state index contributed by atoms with van der Waals surface area (Å²) < 4.78 is 39.7. The van der Waals surface area contributed by atoms with Crippen LogP contribution in [0.4, 0.5) is 4.79 Å². The van der Waals surface area contributed by atoms with Crippen LogP contribution in [0.25, 0.3) is 11.1 Å². The Morgan fingerprint density at radius 1 is 1.04 bits per heavy atom. The third-order valence-corrected chi connectivity index (χ3v) is 13.6. The highest BCUT2D eigenvalue weighted by molar-refractivity contribution is 7.91. The molecule has 1 saturated heterocycles. The van der Waals surface area contributed by atoms with Crippen LogP contribution < -0.4 is 15.4 Å². The van der Waals surface area contributed by atoms with E-state index in [4.69, 9.17) is 9.47 Å². The first-order valence-electron chi connectivity index (χ1n) is 19.3. The van der Waals surface area contributed by atoms with E-state index >= 15 is 0 Å². The van der Waals surface area contributed by atoms with Crippen LogP contribution in [0.15, 0.2) is 61.2 Å². The normalized spacial score (nSPS) is 28.6. The van der Waals surface area contributed by atoms with Gasteiger partial charge in [0.25, 0.3) is 5.91 Å². The minimum absolute atomic E-state index is 0.0311. The summed E-state index contributed by atoms with van der Waals surface area (Å²) in [5.41, 5.74) is 0.318. The molecule has 5 unspecified atom stereocenters. The number of alkyl carbamates (subject to hydrolysis) is 1. The number of carbonyl (C=O) groups excluding carboxylic acids is 4. The topological polar surface area (TPSA) is 160 Å². The number of fused-ring (bicyclic) bond motifs is 12. The van der Waals surface area contributed by atoms with E-state index in [9.17, 15) is 27.6 Å². The Bertz CT molecular complexity index is 1940. The van der Waals surface area contributed by atoms with Gasteiger partial charge in [-0.25, -0.2) is 13.2 Å². The molecule has 2 aliphatic carbocycles. The molecule has 13 heteroatoms. The monoisotopic (exact) mass is 776 g/mol.